The zero-order valence-corrected chi connectivity index (χ0v) is 13.0. The van der Waals surface area contributed by atoms with Gasteiger partial charge in [0.15, 0.2) is 0 Å². The average Bonchev–Trinajstić information content (AvgIpc) is 2.45. The minimum Gasteiger partial charge on any atom is -0.496 e. The van der Waals surface area contributed by atoms with Crippen LogP contribution >= 0.6 is 15.9 Å². The van der Waals surface area contributed by atoms with E-state index >= 15 is 0 Å². The third kappa shape index (κ3) is 4.41. The highest BCUT2D eigenvalue weighted by Gasteiger charge is 2.15. The zero-order chi connectivity index (χ0) is 15.1. The molecule has 0 aliphatic heterocycles. The lowest BCUT2D eigenvalue weighted by molar-refractivity contribution is 0.0937. The monoisotopic (exact) mass is 343 g/mol. The summed E-state index contributed by atoms with van der Waals surface area (Å²) in [6, 6.07) is 4.89. The van der Waals surface area contributed by atoms with Gasteiger partial charge in [0.1, 0.15) is 11.6 Å². The lowest BCUT2D eigenvalue weighted by Crippen LogP contribution is -2.37. The van der Waals surface area contributed by atoms with Gasteiger partial charge in [-0.2, -0.15) is 0 Å². The Bertz CT molecular complexity index is 506. The summed E-state index contributed by atoms with van der Waals surface area (Å²) in [4.78, 5) is 12.1. The Balaban J connectivity index is 2.76. The summed E-state index contributed by atoms with van der Waals surface area (Å²) < 4.78 is 5.82. The lowest BCUT2D eigenvalue weighted by Gasteiger charge is -2.16. The summed E-state index contributed by atoms with van der Waals surface area (Å²) in [5.41, 5.74) is 5.96. The van der Waals surface area contributed by atoms with Crippen LogP contribution in [0, 0.1) is 0 Å². The number of amides is 1. The van der Waals surface area contributed by atoms with Gasteiger partial charge in [-0.15, -0.1) is 0 Å². The highest BCUT2D eigenvalue weighted by Crippen LogP contribution is 2.25. The molecular weight excluding hydrogens is 326 g/mol. The summed E-state index contributed by atoms with van der Waals surface area (Å²) in [5.74, 6) is 0.532. The number of carbonyl (C=O) groups excluding carboxylic acids is 1. The number of benzene rings is 1. The molecule has 110 valence electrons. The molecule has 0 bridgehead atoms. The van der Waals surface area contributed by atoms with Crippen molar-refractivity contribution in [1.29, 1.82) is 0 Å². The van der Waals surface area contributed by atoms with Crippen molar-refractivity contribution in [3.63, 3.8) is 0 Å². The van der Waals surface area contributed by atoms with Gasteiger partial charge in [-0.25, -0.2) is 0 Å². The molecule has 1 amide bonds. The zero-order valence-electron chi connectivity index (χ0n) is 11.4. The molecule has 7 heteroatoms. The van der Waals surface area contributed by atoms with Crippen LogP contribution in [0.3, 0.4) is 0 Å². The maximum Gasteiger partial charge on any atom is 0.251 e. The van der Waals surface area contributed by atoms with E-state index in [9.17, 15) is 4.79 Å². The van der Waals surface area contributed by atoms with Crippen LogP contribution in [0.15, 0.2) is 27.8 Å². The van der Waals surface area contributed by atoms with E-state index in [1.54, 1.807) is 25.3 Å². The van der Waals surface area contributed by atoms with Crippen LogP contribution in [0.2, 0.25) is 0 Å². The molecule has 0 aromatic heterocycles. The van der Waals surface area contributed by atoms with Gasteiger partial charge in [0.05, 0.1) is 11.6 Å². The van der Waals surface area contributed by atoms with E-state index < -0.39 is 0 Å². The highest BCUT2D eigenvalue weighted by atomic mass is 79.9. The molecule has 0 aliphatic carbocycles. The third-order valence-electron chi connectivity index (χ3n) is 2.83. The Morgan fingerprint density at radius 1 is 1.60 bits per heavy atom. The van der Waals surface area contributed by atoms with Crippen molar-refractivity contribution in [2.75, 3.05) is 7.11 Å². The van der Waals surface area contributed by atoms with Crippen molar-refractivity contribution in [2.45, 2.75) is 25.8 Å². The van der Waals surface area contributed by atoms with Crippen molar-refractivity contribution in [3.8, 4) is 5.75 Å². The number of rotatable bonds is 6. The van der Waals surface area contributed by atoms with Crippen molar-refractivity contribution in [1.82, 2.24) is 5.32 Å². The van der Waals surface area contributed by atoms with E-state index in [2.05, 4.69) is 26.4 Å². The highest BCUT2D eigenvalue weighted by molar-refractivity contribution is 9.10. The Hall–Kier alpha value is -1.76. The molecule has 0 aliphatic rings. The van der Waals surface area contributed by atoms with Gasteiger partial charge in [0.25, 0.3) is 5.91 Å². The number of methoxy groups -OCH3 is 1. The molecule has 1 unspecified atom stereocenters. The average molecular weight is 344 g/mol. The Morgan fingerprint density at radius 2 is 2.30 bits per heavy atom. The molecule has 20 heavy (non-hydrogen) atoms. The minimum atomic E-state index is -0.217. The van der Waals surface area contributed by atoms with E-state index in [0.717, 1.165) is 0 Å². The number of ether oxygens (including phenoxy) is 1. The minimum absolute atomic E-state index is 0.0908. The van der Waals surface area contributed by atoms with Crippen LogP contribution in [-0.4, -0.2) is 30.1 Å². The van der Waals surface area contributed by atoms with Gasteiger partial charge >= 0.3 is 0 Å². The van der Waals surface area contributed by atoms with Crippen molar-refractivity contribution >= 4 is 27.7 Å². The summed E-state index contributed by atoms with van der Waals surface area (Å²) in [6.07, 6.45) is 0.981. The van der Waals surface area contributed by atoms with Crippen molar-refractivity contribution < 1.29 is 14.7 Å². The van der Waals surface area contributed by atoms with Crippen LogP contribution in [0.5, 0.6) is 5.75 Å². The molecule has 1 atom stereocenters. The van der Waals surface area contributed by atoms with Crippen LogP contribution in [0.25, 0.3) is 0 Å². The third-order valence-corrected chi connectivity index (χ3v) is 3.45. The predicted molar refractivity (Wildman–Crippen MR) is 80.3 cm³/mol. The molecule has 0 saturated carbocycles. The maximum absolute atomic E-state index is 12.1. The first kappa shape index (κ1) is 16.3. The number of nitrogens with two attached hydrogens (primary N) is 1. The SMILES string of the molecule is CCC(CC(N)=NO)NC(=O)c1ccc(OC)c(Br)c1. The fraction of sp³-hybridized carbons (Fsp3) is 0.385. The summed E-state index contributed by atoms with van der Waals surface area (Å²) in [5, 5.41) is 14.3. The molecule has 4 N–H and O–H groups in total. The van der Waals surface area contributed by atoms with Gasteiger partial charge in [0.2, 0.25) is 0 Å². The Kier molecular flexibility index (Phi) is 6.30. The molecule has 1 aromatic carbocycles. The van der Waals surface area contributed by atoms with Crippen molar-refractivity contribution in [3.05, 3.63) is 28.2 Å². The summed E-state index contributed by atoms with van der Waals surface area (Å²) in [6.45, 7) is 1.92. The quantitative estimate of drug-likeness (QED) is 0.319. The predicted octanol–water partition coefficient (Wildman–Crippen LogP) is 2.10. The smallest absolute Gasteiger partial charge is 0.251 e. The van der Waals surface area contributed by atoms with E-state index in [4.69, 9.17) is 15.7 Å². The second-order valence-corrected chi connectivity index (χ2v) is 5.08. The number of hydrogen-bond donors (Lipinski definition) is 3. The van der Waals surface area contributed by atoms with Crippen molar-refractivity contribution in [2.24, 2.45) is 10.9 Å². The van der Waals surface area contributed by atoms with Crippen LogP contribution in [0.4, 0.5) is 0 Å². The van der Waals surface area contributed by atoms with E-state index in [-0.39, 0.29) is 17.8 Å². The molecule has 1 aromatic rings. The Labute approximate surface area is 126 Å². The number of nitrogens with zero attached hydrogens (tertiary/aromatic N) is 1. The van der Waals surface area contributed by atoms with Gasteiger partial charge in [0, 0.05) is 18.0 Å². The molecule has 0 heterocycles. The number of halogens is 1. The fourth-order valence-corrected chi connectivity index (χ4v) is 2.21. The van der Waals surface area contributed by atoms with Crippen LogP contribution in [0.1, 0.15) is 30.1 Å². The van der Waals surface area contributed by atoms with Gasteiger partial charge < -0.3 is 21.0 Å². The lowest BCUT2D eigenvalue weighted by atomic mass is 10.1. The second-order valence-electron chi connectivity index (χ2n) is 4.22. The first-order valence-corrected chi connectivity index (χ1v) is 6.91. The molecule has 0 saturated heterocycles. The standard InChI is InChI=1S/C13H18BrN3O3/c1-3-9(7-12(15)17-19)16-13(18)8-4-5-11(20-2)10(14)6-8/h4-6,9,19H,3,7H2,1-2H3,(H2,15,17)(H,16,18). The van der Waals surface area contributed by atoms with Gasteiger partial charge in [-0.3, -0.25) is 4.79 Å². The summed E-state index contributed by atoms with van der Waals surface area (Å²) >= 11 is 3.33. The van der Waals surface area contributed by atoms with Crippen LogP contribution in [-0.2, 0) is 0 Å². The molecule has 0 radical (unpaired) electrons. The number of amidine groups is 1. The van der Waals surface area contributed by atoms with Gasteiger partial charge in [-0.1, -0.05) is 12.1 Å². The topological polar surface area (TPSA) is 96.9 Å². The summed E-state index contributed by atoms with van der Waals surface area (Å²) in [7, 11) is 1.56. The fourth-order valence-electron chi connectivity index (χ4n) is 1.67. The second kappa shape index (κ2) is 7.74. The maximum atomic E-state index is 12.1. The molecule has 0 fully saturated rings. The number of carbonyl (C=O) groups is 1. The molecular formula is C13H18BrN3O3. The molecule has 6 nitrogen and oxygen atoms in total. The largest absolute Gasteiger partial charge is 0.496 e. The normalized spacial score (nSPS) is 12.8. The van der Waals surface area contributed by atoms with Crippen LogP contribution < -0.4 is 15.8 Å². The molecule has 1 rings (SSSR count). The van der Waals surface area contributed by atoms with E-state index in [0.29, 0.717) is 28.6 Å². The number of nitrogens with one attached hydrogen (secondary N) is 1. The Morgan fingerprint density at radius 3 is 2.80 bits per heavy atom. The molecule has 0 spiro atoms. The first-order valence-electron chi connectivity index (χ1n) is 6.12. The van der Waals surface area contributed by atoms with E-state index in [1.165, 1.54) is 0 Å². The number of hydrogen-bond acceptors (Lipinski definition) is 4. The number of oxime groups is 1. The first-order chi connectivity index (χ1) is 9.51. The van der Waals surface area contributed by atoms with Gasteiger partial charge in [-0.05, 0) is 40.5 Å². The van der Waals surface area contributed by atoms with E-state index in [1.807, 2.05) is 6.92 Å².